The van der Waals surface area contributed by atoms with Gasteiger partial charge in [-0.1, -0.05) is 13.8 Å². The van der Waals surface area contributed by atoms with Crippen LogP contribution in [-0.2, 0) is 33.4 Å². The number of rotatable bonds is 14. The van der Waals surface area contributed by atoms with E-state index in [0.717, 1.165) is 7.11 Å². The summed E-state index contributed by atoms with van der Waals surface area (Å²) in [7, 11) is -2.81. The van der Waals surface area contributed by atoms with Crippen LogP contribution >= 0.6 is 0 Å². The van der Waals surface area contributed by atoms with Gasteiger partial charge in [0.15, 0.2) is 5.60 Å². The number of carboxylic acid groups (broad SMARTS) is 1. The topological polar surface area (TPSA) is 166 Å². The fourth-order valence-corrected chi connectivity index (χ4v) is 3.45. The number of unbranched alkanes of at least 4 members (excludes halogenated alkanes) is 1. The fourth-order valence-electron chi connectivity index (χ4n) is 2.36. The van der Waals surface area contributed by atoms with Crippen molar-refractivity contribution in [2.75, 3.05) is 32.6 Å². The summed E-state index contributed by atoms with van der Waals surface area (Å²) in [5.74, 6) is -2.16. The van der Waals surface area contributed by atoms with Gasteiger partial charge in [0.05, 0.1) is 26.1 Å². The third kappa shape index (κ3) is 9.90. The summed E-state index contributed by atoms with van der Waals surface area (Å²) >= 11 is 0. The number of hydrogen-bond acceptors (Lipinski definition) is 9. The second-order valence-electron chi connectivity index (χ2n) is 7.17. The van der Waals surface area contributed by atoms with Crippen LogP contribution in [0.25, 0.3) is 0 Å². The molecule has 0 fully saturated rings. The van der Waals surface area contributed by atoms with Crippen molar-refractivity contribution in [3.8, 4) is 0 Å². The number of carboxylic acids is 1. The molecule has 0 bridgehead atoms. The van der Waals surface area contributed by atoms with Gasteiger partial charge in [-0.05, 0) is 25.7 Å². The lowest BCUT2D eigenvalue weighted by molar-refractivity contribution is -0.177. The third-order valence-electron chi connectivity index (χ3n) is 4.34. The quantitative estimate of drug-likeness (QED) is 0.198. The Labute approximate surface area is 170 Å². The largest absolute Gasteiger partial charge is 0.507 e. The molecule has 0 saturated heterocycles. The van der Waals surface area contributed by atoms with Gasteiger partial charge in [-0.25, -0.2) is 9.59 Å². The molecule has 0 aliphatic heterocycles. The maximum absolute atomic E-state index is 12.0. The van der Waals surface area contributed by atoms with Crippen LogP contribution < -0.4 is 5.32 Å². The molecule has 0 unspecified atom stereocenters. The van der Waals surface area contributed by atoms with Gasteiger partial charge in [-0.15, -0.1) is 0 Å². The lowest BCUT2D eigenvalue weighted by atomic mass is 9.72. The molecular weight excluding hydrogens is 410 g/mol. The minimum atomic E-state index is -3.97. The molecule has 0 saturated carbocycles. The van der Waals surface area contributed by atoms with Crippen LogP contribution in [-0.4, -0.2) is 74.9 Å². The number of amides is 1. The molecule has 0 aromatic rings. The Morgan fingerprint density at radius 3 is 2.24 bits per heavy atom. The second-order valence-corrected chi connectivity index (χ2v) is 8.93. The fraction of sp³-hybridized carbons (Fsp3) is 0.824. The highest BCUT2D eigenvalue weighted by Crippen LogP contribution is 2.36. The molecule has 0 rings (SSSR count). The van der Waals surface area contributed by atoms with E-state index in [9.17, 15) is 33.0 Å². The zero-order valence-electron chi connectivity index (χ0n) is 17.2. The highest BCUT2D eigenvalue weighted by molar-refractivity contribution is 7.86. The lowest BCUT2D eigenvalue weighted by Crippen LogP contribution is -2.53. The number of methoxy groups -OCH3 is 1. The molecule has 3 N–H and O–H groups in total. The van der Waals surface area contributed by atoms with Crippen molar-refractivity contribution >= 4 is 28.1 Å². The first-order valence-corrected chi connectivity index (χ1v) is 10.6. The smallest absolute Gasteiger partial charge is 0.479 e. The Balaban J connectivity index is 4.75. The lowest BCUT2D eigenvalue weighted by Gasteiger charge is -2.38. The van der Waals surface area contributed by atoms with Gasteiger partial charge in [0.2, 0.25) is 5.91 Å². The van der Waals surface area contributed by atoms with E-state index in [1.165, 1.54) is 20.8 Å². The molecule has 0 heterocycles. The predicted octanol–water partition coefficient (Wildman–Crippen LogP) is 0.654. The molecule has 29 heavy (non-hydrogen) atoms. The summed E-state index contributed by atoms with van der Waals surface area (Å²) in [5.41, 5.74) is -3.70. The first kappa shape index (κ1) is 27.1. The maximum Gasteiger partial charge on any atom is 0.507 e. The molecule has 0 aromatic carbocycles. The molecule has 170 valence electrons. The summed E-state index contributed by atoms with van der Waals surface area (Å²) in [6.45, 7) is 3.69. The van der Waals surface area contributed by atoms with Crippen LogP contribution in [0.2, 0.25) is 0 Å². The van der Waals surface area contributed by atoms with Crippen LogP contribution in [0.1, 0.15) is 46.5 Å². The second kappa shape index (κ2) is 11.9. The number of aliphatic hydroxyl groups is 1. The average molecular weight is 441 g/mol. The Bertz CT molecular complexity index is 661. The molecule has 12 heteroatoms. The molecule has 0 aliphatic rings. The summed E-state index contributed by atoms with van der Waals surface area (Å²) in [4.78, 5) is 33.3. The summed E-state index contributed by atoms with van der Waals surface area (Å²) in [6.07, 6.45) is -0.455. The van der Waals surface area contributed by atoms with E-state index < -0.39 is 39.9 Å². The molecular formula is C17H31NO10S. The van der Waals surface area contributed by atoms with E-state index in [2.05, 4.69) is 14.8 Å². The first-order chi connectivity index (χ1) is 13.3. The van der Waals surface area contributed by atoms with Gasteiger partial charge >= 0.3 is 12.1 Å². The van der Waals surface area contributed by atoms with Gasteiger partial charge in [-0.2, -0.15) is 8.42 Å². The van der Waals surface area contributed by atoms with Crippen LogP contribution in [0.3, 0.4) is 0 Å². The van der Waals surface area contributed by atoms with Crippen molar-refractivity contribution in [2.24, 2.45) is 5.41 Å². The minimum absolute atomic E-state index is 0.0119. The van der Waals surface area contributed by atoms with Gasteiger partial charge in [0.1, 0.15) is 0 Å². The normalized spacial score (nSPS) is 14.0. The van der Waals surface area contributed by atoms with E-state index in [-0.39, 0.29) is 50.5 Å². The van der Waals surface area contributed by atoms with E-state index in [1.54, 1.807) is 0 Å². The van der Waals surface area contributed by atoms with Crippen LogP contribution in [0, 0.1) is 5.41 Å². The molecule has 11 nitrogen and oxygen atoms in total. The summed E-state index contributed by atoms with van der Waals surface area (Å²) < 4.78 is 37.9. The zero-order chi connectivity index (χ0) is 22.7. The SMILES string of the molecule is COC(=O)OCCCC[C@](O)(C(=O)O)C(C)(C)COS(=O)(=O)CCCNC(C)=O. The van der Waals surface area contributed by atoms with Crippen LogP contribution in [0.15, 0.2) is 0 Å². The van der Waals surface area contributed by atoms with E-state index >= 15 is 0 Å². The number of nitrogens with one attached hydrogen (secondary N) is 1. The highest BCUT2D eigenvalue weighted by Gasteiger charge is 2.50. The van der Waals surface area contributed by atoms with Crippen molar-refractivity contribution < 1.29 is 46.7 Å². The summed E-state index contributed by atoms with van der Waals surface area (Å²) in [5, 5.41) is 22.7. The molecule has 0 aromatic heterocycles. The number of carbonyl (C=O) groups is 3. The van der Waals surface area contributed by atoms with E-state index in [0.29, 0.717) is 0 Å². The third-order valence-corrected chi connectivity index (χ3v) is 5.60. The number of carbonyl (C=O) groups excluding carboxylic acids is 2. The van der Waals surface area contributed by atoms with E-state index in [1.807, 2.05) is 0 Å². The number of aliphatic carboxylic acids is 1. The Hall–Kier alpha value is -1.92. The molecule has 0 radical (unpaired) electrons. The van der Waals surface area contributed by atoms with Crippen molar-refractivity contribution in [1.82, 2.24) is 5.32 Å². The molecule has 1 amide bonds. The zero-order valence-corrected chi connectivity index (χ0v) is 18.0. The van der Waals surface area contributed by atoms with Gasteiger partial charge in [0.25, 0.3) is 10.1 Å². The van der Waals surface area contributed by atoms with Gasteiger partial charge < -0.3 is 25.0 Å². The van der Waals surface area contributed by atoms with Crippen molar-refractivity contribution in [2.45, 2.75) is 52.1 Å². The standard InChI is InChI=1S/C17H31NO10S/c1-13(19)18-9-7-11-29(24,25)28-12-16(2,3)17(23,14(20)21)8-5-6-10-27-15(22)26-4/h23H,5-12H2,1-4H3,(H,18,19)(H,20,21)/t17-/m0/s1. The van der Waals surface area contributed by atoms with Gasteiger partial charge in [-0.3, -0.25) is 8.98 Å². The Morgan fingerprint density at radius 2 is 1.72 bits per heavy atom. The monoisotopic (exact) mass is 441 g/mol. The summed E-state index contributed by atoms with van der Waals surface area (Å²) in [6, 6.07) is 0. The minimum Gasteiger partial charge on any atom is -0.479 e. The van der Waals surface area contributed by atoms with Crippen LogP contribution in [0.4, 0.5) is 4.79 Å². The maximum atomic E-state index is 12.0. The van der Waals surface area contributed by atoms with E-state index in [4.69, 9.17) is 4.18 Å². The molecule has 0 aliphatic carbocycles. The highest BCUT2D eigenvalue weighted by atomic mass is 32.2. The Kier molecular flexibility index (Phi) is 11.1. The Morgan fingerprint density at radius 1 is 1.10 bits per heavy atom. The average Bonchev–Trinajstić information content (AvgIpc) is 2.62. The van der Waals surface area contributed by atoms with Crippen LogP contribution in [0.5, 0.6) is 0 Å². The van der Waals surface area contributed by atoms with Gasteiger partial charge in [0, 0.05) is 18.9 Å². The van der Waals surface area contributed by atoms with Crippen molar-refractivity contribution in [3.05, 3.63) is 0 Å². The number of hydrogen-bond donors (Lipinski definition) is 3. The first-order valence-electron chi connectivity index (χ1n) is 9.05. The molecule has 0 spiro atoms. The van der Waals surface area contributed by atoms with Crippen molar-refractivity contribution in [3.63, 3.8) is 0 Å². The molecule has 1 atom stereocenters. The van der Waals surface area contributed by atoms with Crippen molar-refractivity contribution in [1.29, 1.82) is 0 Å². The number of ether oxygens (including phenoxy) is 2. The predicted molar refractivity (Wildman–Crippen MR) is 102 cm³/mol.